The van der Waals surface area contributed by atoms with Crippen LogP contribution in [-0.4, -0.2) is 58.3 Å². The zero-order chi connectivity index (χ0) is 15.7. The summed E-state index contributed by atoms with van der Waals surface area (Å²) in [5.41, 5.74) is 0.389. The zero-order valence-electron chi connectivity index (χ0n) is 11.0. The molecule has 0 unspecified atom stereocenters. The first-order valence-corrected chi connectivity index (χ1v) is 5.95. The number of nitrogens with one attached hydrogen (secondary N) is 2. The third-order valence-corrected chi connectivity index (χ3v) is 2.09. The van der Waals surface area contributed by atoms with Crippen molar-refractivity contribution in [1.29, 1.82) is 0 Å². The molecular formula is C10H15F2N5O4. The van der Waals surface area contributed by atoms with Crippen molar-refractivity contribution in [1.82, 2.24) is 25.6 Å². The molecule has 0 aliphatic carbocycles. The smallest absolute Gasteiger partial charge is 0.325 e. The fourth-order valence-electron chi connectivity index (χ4n) is 1.28. The van der Waals surface area contributed by atoms with Gasteiger partial charge in [0.25, 0.3) is 6.43 Å². The Morgan fingerprint density at radius 1 is 1.43 bits per heavy atom. The maximum Gasteiger partial charge on any atom is 0.325 e. The lowest BCUT2D eigenvalue weighted by atomic mass is 10.5. The van der Waals surface area contributed by atoms with Crippen LogP contribution in [0.4, 0.5) is 13.6 Å². The number of carboxylic acids is 1. The van der Waals surface area contributed by atoms with E-state index >= 15 is 0 Å². The molecule has 0 saturated carbocycles. The van der Waals surface area contributed by atoms with Gasteiger partial charge in [0.2, 0.25) is 0 Å². The summed E-state index contributed by atoms with van der Waals surface area (Å²) < 4.78 is 29.2. The molecule has 1 aromatic rings. The lowest BCUT2D eigenvalue weighted by Gasteiger charge is -2.06. The van der Waals surface area contributed by atoms with Crippen LogP contribution in [0.3, 0.4) is 0 Å². The minimum absolute atomic E-state index is 0.0213. The maximum absolute atomic E-state index is 11.7. The van der Waals surface area contributed by atoms with Crippen molar-refractivity contribution >= 4 is 12.0 Å². The topological polar surface area (TPSA) is 118 Å². The first kappa shape index (κ1) is 16.8. The van der Waals surface area contributed by atoms with Gasteiger partial charge in [0.15, 0.2) is 0 Å². The van der Waals surface area contributed by atoms with E-state index in [0.717, 1.165) is 4.68 Å². The molecule has 21 heavy (non-hydrogen) atoms. The van der Waals surface area contributed by atoms with Gasteiger partial charge in [-0.3, -0.25) is 4.79 Å². The van der Waals surface area contributed by atoms with E-state index in [4.69, 9.17) is 5.11 Å². The Morgan fingerprint density at radius 3 is 2.86 bits per heavy atom. The van der Waals surface area contributed by atoms with Crippen molar-refractivity contribution in [2.24, 2.45) is 0 Å². The average molecular weight is 307 g/mol. The highest BCUT2D eigenvalue weighted by Gasteiger charge is 2.06. The van der Waals surface area contributed by atoms with Gasteiger partial charge < -0.3 is 20.5 Å². The first-order valence-electron chi connectivity index (χ1n) is 5.95. The van der Waals surface area contributed by atoms with Crippen LogP contribution in [0.15, 0.2) is 6.20 Å². The lowest BCUT2D eigenvalue weighted by molar-refractivity contribution is -0.137. The monoisotopic (exact) mass is 307 g/mol. The van der Waals surface area contributed by atoms with E-state index in [1.807, 2.05) is 0 Å². The number of aromatic nitrogens is 3. The van der Waals surface area contributed by atoms with Gasteiger partial charge in [-0.15, -0.1) is 5.10 Å². The van der Waals surface area contributed by atoms with Crippen molar-refractivity contribution in [2.45, 2.75) is 19.5 Å². The van der Waals surface area contributed by atoms with Gasteiger partial charge in [0.05, 0.1) is 19.3 Å². The molecule has 0 fully saturated rings. The number of carbonyl (C=O) groups excluding carboxylic acids is 1. The van der Waals surface area contributed by atoms with Crippen LogP contribution in [0.25, 0.3) is 0 Å². The van der Waals surface area contributed by atoms with Crippen LogP contribution < -0.4 is 10.6 Å². The number of hydrogen-bond acceptors (Lipinski definition) is 5. The summed E-state index contributed by atoms with van der Waals surface area (Å²) in [4.78, 5) is 21.8. The average Bonchev–Trinajstić information content (AvgIpc) is 2.82. The normalized spacial score (nSPS) is 10.6. The van der Waals surface area contributed by atoms with Gasteiger partial charge in [-0.05, 0) is 0 Å². The Bertz CT molecular complexity index is 468. The van der Waals surface area contributed by atoms with Crippen LogP contribution in [0.5, 0.6) is 0 Å². The van der Waals surface area contributed by atoms with Crippen LogP contribution >= 0.6 is 0 Å². The molecule has 11 heteroatoms. The number of ether oxygens (including phenoxy) is 1. The van der Waals surface area contributed by atoms with Gasteiger partial charge in [-0.25, -0.2) is 18.3 Å². The third-order valence-electron chi connectivity index (χ3n) is 2.09. The van der Waals surface area contributed by atoms with Crippen LogP contribution in [0, 0.1) is 0 Å². The molecule has 118 valence electrons. The Hall–Kier alpha value is -2.30. The minimum Gasteiger partial charge on any atom is -0.480 e. The molecule has 0 radical (unpaired) electrons. The number of carboxylic acid groups (broad SMARTS) is 1. The number of hydrogen-bond donors (Lipinski definition) is 3. The number of rotatable bonds is 9. The molecule has 0 aromatic carbocycles. The molecule has 1 rings (SSSR count). The van der Waals surface area contributed by atoms with Crippen LogP contribution in [0.1, 0.15) is 5.69 Å². The van der Waals surface area contributed by atoms with Crippen LogP contribution in [0.2, 0.25) is 0 Å². The highest BCUT2D eigenvalue weighted by molar-refractivity contribution is 5.73. The van der Waals surface area contributed by atoms with E-state index in [1.165, 1.54) is 6.20 Å². The second-order valence-corrected chi connectivity index (χ2v) is 3.88. The summed E-state index contributed by atoms with van der Waals surface area (Å²) in [6.45, 7) is -0.864. The molecule has 1 aromatic heterocycles. The van der Waals surface area contributed by atoms with Gasteiger partial charge in [0.1, 0.15) is 18.8 Å². The summed E-state index contributed by atoms with van der Waals surface area (Å²) in [5.74, 6) is -1.05. The summed E-state index contributed by atoms with van der Waals surface area (Å²) in [6, 6.07) is -0.525. The van der Waals surface area contributed by atoms with Crippen LogP contribution in [-0.2, 0) is 22.6 Å². The SMILES string of the molecule is O=C(O)Cn1cc(CNC(=O)NCCOCC(F)F)nn1. The molecular weight excluding hydrogens is 292 g/mol. The zero-order valence-corrected chi connectivity index (χ0v) is 11.0. The fraction of sp³-hybridized carbons (Fsp3) is 0.600. The molecule has 0 spiro atoms. The Labute approximate surface area is 118 Å². The van der Waals surface area contributed by atoms with Crippen molar-refractivity contribution in [3.63, 3.8) is 0 Å². The standard InChI is InChI=1S/C10H15F2N5O4/c11-8(12)6-21-2-1-13-10(20)14-3-7-4-17(16-15-7)5-9(18)19/h4,8H,1-3,5-6H2,(H,18,19)(H2,13,14,20). The number of nitrogens with zero attached hydrogens (tertiary/aromatic N) is 3. The molecule has 0 bridgehead atoms. The van der Waals surface area contributed by atoms with E-state index in [-0.39, 0.29) is 26.2 Å². The van der Waals surface area contributed by atoms with E-state index < -0.39 is 25.0 Å². The van der Waals surface area contributed by atoms with Gasteiger partial charge in [0, 0.05) is 6.54 Å². The summed E-state index contributed by atoms with van der Waals surface area (Å²) in [6.07, 6.45) is -1.15. The molecule has 0 aliphatic heterocycles. The molecule has 2 amide bonds. The van der Waals surface area contributed by atoms with E-state index in [1.54, 1.807) is 0 Å². The predicted octanol–water partition coefficient (Wildman–Crippen LogP) is -0.556. The molecule has 3 N–H and O–H groups in total. The number of amides is 2. The predicted molar refractivity (Wildman–Crippen MR) is 64.7 cm³/mol. The minimum atomic E-state index is -2.53. The van der Waals surface area contributed by atoms with Crippen molar-refractivity contribution in [3.8, 4) is 0 Å². The summed E-state index contributed by atoms with van der Waals surface area (Å²) in [7, 11) is 0. The number of urea groups is 1. The van der Waals surface area contributed by atoms with Gasteiger partial charge >= 0.3 is 12.0 Å². The second kappa shape index (κ2) is 8.79. The lowest BCUT2D eigenvalue weighted by Crippen LogP contribution is -2.37. The number of aliphatic carboxylic acids is 1. The molecule has 0 atom stereocenters. The Kier molecular flexibility index (Phi) is 7.01. The fourth-order valence-corrected chi connectivity index (χ4v) is 1.28. The van der Waals surface area contributed by atoms with Crippen molar-refractivity contribution < 1.29 is 28.2 Å². The van der Waals surface area contributed by atoms with Gasteiger partial charge in [-0.1, -0.05) is 5.21 Å². The number of halogens is 2. The molecule has 9 nitrogen and oxygen atoms in total. The number of alkyl halides is 2. The van der Waals surface area contributed by atoms with E-state index in [9.17, 15) is 18.4 Å². The molecule has 1 heterocycles. The number of carbonyl (C=O) groups is 2. The first-order chi connectivity index (χ1) is 9.97. The molecule has 0 saturated heterocycles. The highest BCUT2D eigenvalue weighted by Crippen LogP contribution is 1.93. The largest absolute Gasteiger partial charge is 0.480 e. The van der Waals surface area contributed by atoms with Crippen molar-refractivity contribution in [3.05, 3.63) is 11.9 Å². The second-order valence-electron chi connectivity index (χ2n) is 3.88. The van der Waals surface area contributed by atoms with E-state index in [0.29, 0.717) is 5.69 Å². The molecule has 0 aliphatic rings. The Morgan fingerprint density at radius 2 is 2.19 bits per heavy atom. The third kappa shape index (κ3) is 7.77. The highest BCUT2D eigenvalue weighted by atomic mass is 19.3. The van der Waals surface area contributed by atoms with Crippen molar-refractivity contribution in [2.75, 3.05) is 19.8 Å². The van der Waals surface area contributed by atoms with Gasteiger partial charge in [-0.2, -0.15) is 0 Å². The maximum atomic E-state index is 11.7. The summed E-state index contributed by atoms with van der Waals surface area (Å²) >= 11 is 0. The van der Waals surface area contributed by atoms with E-state index in [2.05, 4.69) is 25.7 Å². The summed E-state index contributed by atoms with van der Waals surface area (Å²) in [5, 5.41) is 20.6. The quantitative estimate of drug-likeness (QED) is 0.526. The Balaban J connectivity index is 2.15.